The summed E-state index contributed by atoms with van der Waals surface area (Å²) in [5.74, 6) is -1.47. The van der Waals surface area contributed by atoms with Gasteiger partial charge in [-0.25, -0.2) is 8.78 Å². The number of aromatic hydroxyl groups is 1. The summed E-state index contributed by atoms with van der Waals surface area (Å²) in [5.41, 5.74) is 1.68. The third-order valence-electron chi connectivity index (χ3n) is 4.96. The molecule has 1 amide bonds. The lowest BCUT2D eigenvalue weighted by molar-refractivity contribution is -0.683. The fraction of sp³-hybridized carbons (Fsp3) is 0.350. The Balaban J connectivity index is 1.47. The van der Waals surface area contributed by atoms with Crippen LogP contribution in [0.4, 0.5) is 14.5 Å². The van der Waals surface area contributed by atoms with Crippen molar-refractivity contribution >= 4 is 11.6 Å². The second kappa shape index (κ2) is 8.35. The average Bonchev–Trinajstić information content (AvgIpc) is 2.68. The zero-order valence-electron chi connectivity index (χ0n) is 15.2. The first kappa shape index (κ1) is 19.1. The fourth-order valence-electron chi connectivity index (χ4n) is 3.22. The molecule has 0 saturated carbocycles. The second-order valence-corrected chi connectivity index (χ2v) is 6.79. The van der Waals surface area contributed by atoms with E-state index in [1.807, 2.05) is 29.3 Å². The van der Waals surface area contributed by atoms with Gasteiger partial charge in [-0.3, -0.25) is 4.79 Å². The van der Waals surface area contributed by atoms with Gasteiger partial charge in [0.2, 0.25) is 0 Å². The molecular weight excluding hydrogens is 352 g/mol. The average molecular weight is 376 g/mol. The number of anilines is 1. The summed E-state index contributed by atoms with van der Waals surface area (Å²) < 4.78 is 26.4. The van der Waals surface area contributed by atoms with E-state index in [0.29, 0.717) is 18.7 Å². The van der Waals surface area contributed by atoms with Crippen LogP contribution in [0.15, 0.2) is 42.5 Å². The number of hydrogen-bond acceptors (Lipinski definition) is 3. The summed E-state index contributed by atoms with van der Waals surface area (Å²) in [4.78, 5) is 16.5. The van der Waals surface area contributed by atoms with Crippen molar-refractivity contribution in [3.8, 4) is 5.75 Å². The maximum atomic E-state index is 13.3. The maximum absolute atomic E-state index is 13.3. The zero-order chi connectivity index (χ0) is 19.4. The third kappa shape index (κ3) is 4.74. The summed E-state index contributed by atoms with van der Waals surface area (Å²) in [5, 5.41) is 11.2. The molecule has 3 rings (SSSR count). The lowest BCUT2D eigenvalue weighted by atomic mass is 10.1. The van der Waals surface area contributed by atoms with Crippen LogP contribution in [-0.2, 0) is 4.79 Å². The molecule has 1 saturated heterocycles. The van der Waals surface area contributed by atoms with Gasteiger partial charge < -0.3 is 20.2 Å². The zero-order valence-corrected chi connectivity index (χ0v) is 15.2. The number of rotatable bonds is 5. The first-order chi connectivity index (χ1) is 12.9. The number of phenolic OH excluding ortho intramolecular Hbond substituents is 1. The van der Waals surface area contributed by atoms with Gasteiger partial charge >= 0.3 is 0 Å². The Morgan fingerprint density at radius 1 is 1.07 bits per heavy atom. The van der Waals surface area contributed by atoms with E-state index in [4.69, 9.17) is 0 Å². The fourth-order valence-corrected chi connectivity index (χ4v) is 3.22. The number of quaternary nitrogens is 1. The number of carbonyl (C=O) groups is 1. The van der Waals surface area contributed by atoms with Crippen LogP contribution in [0.5, 0.6) is 5.75 Å². The highest BCUT2D eigenvalue weighted by Crippen LogP contribution is 2.19. The molecule has 1 heterocycles. The van der Waals surface area contributed by atoms with Crippen molar-refractivity contribution in [3.05, 3.63) is 59.7 Å². The van der Waals surface area contributed by atoms with E-state index in [1.54, 1.807) is 18.2 Å². The van der Waals surface area contributed by atoms with Gasteiger partial charge in [0, 0.05) is 37.4 Å². The lowest BCUT2D eigenvalue weighted by Crippen LogP contribution is -2.87. The van der Waals surface area contributed by atoms with Gasteiger partial charge in [-0.05, 0) is 49.4 Å². The molecule has 144 valence electrons. The van der Waals surface area contributed by atoms with Crippen molar-refractivity contribution in [1.29, 1.82) is 0 Å². The second-order valence-electron chi connectivity index (χ2n) is 6.79. The molecule has 3 N–H and O–H groups in total. The van der Waals surface area contributed by atoms with Crippen LogP contribution < -0.4 is 10.2 Å². The molecule has 0 aliphatic carbocycles. The van der Waals surface area contributed by atoms with Crippen LogP contribution in [0.25, 0.3) is 0 Å². The number of piperazine rings is 1. The minimum absolute atomic E-state index is 0.0368. The highest BCUT2D eigenvalue weighted by atomic mass is 19.2. The molecule has 1 fully saturated rings. The molecule has 1 aliphatic heterocycles. The van der Waals surface area contributed by atoms with Crippen LogP contribution in [0.1, 0.15) is 18.5 Å². The Morgan fingerprint density at radius 2 is 1.74 bits per heavy atom. The van der Waals surface area contributed by atoms with Crippen molar-refractivity contribution in [2.45, 2.75) is 13.0 Å². The number of hydrogen-bond donors (Lipinski definition) is 2. The minimum atomic E-state index is -0.871. The molecule has 0 radical (unpaired) electrons. The molecule has 0 spiro atoms. The largest absolute Gasteiger partial charge is 0.508 e. The monoisotopic (exact) mass is 376 g/mol. The van der Waals surface area contributed by atoms with Crippen LogP contribution in [0.3, 0.4) is 0 Å². The molecule has 0 bridgehead atoms. The van der Waals surface area contributed by atoms with E-state index in [1.165, 1.54) is 6.07 Å². The van der Waals surface area contributed by atoms with E-state index in [2.05, 4.69) is 4.90 Å². The minimum Gasteiger partial charge on any atom is -0.508 e. The smallest absolute Gasteiger partial charge is 0.277 e. The van der Waals surface area contributed by atoms with E-state index in [0.717, 1.165) is 24.8 Å². The van der Waals surface area contributed by atoms with Gasteiger partial charge in [0.15, 0.2) is 18.2 Å². The SMILES string of the molecule is C[C@@H]([NH2+]CC(=O)N1CCN(c2ccc(O)cc2)CC1)c1ccc(F)c(F)c1. The molecule has 5 nitrogen and oxygen atoms in total. The molecule has 1 atom stereocenters. The standard InChI is InChI=1S/C20H23F2N3O2/c1-14(15-2-7-18(21)19(22)12-15)23-13-20(27)25-10-8-24(9-11-25)16-3-5-17(26)6-4-16/h2-7,12,14,23,26H,8-11,13H2,1H3/p+1/t14-/m1/s1. The number of amides is 1. The number of phenols is 1. The van der Waals surface area contributed by atoms with Gasteiger partial charge in [0.05, 0.1) is 0 Å². The highest BCUT2D eigenvalue weighted by molar-refractivity contribution is 5.77. The Hall–Kier alpha value is -2.67. The predicted molar refractivity (Wildman–Crippen MR) is 98.5 cm³/mol. The number of nitrogens with zero attached hydrogens (tertiary/aromatic N) is 2. The Kier molecular flexibility index (Phi) is 5.91. The quantitative estimate of drug-likeness (QED) is 0.834. The van der Waals surface area contributed by atoms with Gasteiger partial charge in [-0.1, -0.05) is 0 Å². The van der Waals surface area contributed by atoms with E-state index >= 15 is 0 Å². The summed E-state index contributed by atoms with van der Waals surface area (Å²) in [6, 6.07) is 10.7. The van der Waals surface area contributed by atoms with E-state index < -0.39 is 11.6 Å². The van der Waals surface area contributed by atoms with Crippen molar-refractivity contribution in [3.63, 3.8) is 0 Å². The first-order valence-corrected chi connectivity index (χ1v) is 9.04. The van der Waals surface area contributed by atoms with Crippen molar-refractivity contribution < 1.29 is 24.0 Å². The third-order valence-corrected chi connectivity index (χ3v) is 4.96. The Morgan fingerprint density at radius 3 is 2.37 bits per heavy atom. The van der Waals surface area contributed by atoms with Gasteiger partial charge in [-0.2, -0.15) is 0 Å². The van der Waals surface area contributed by atoms with Crippen molar-refractivity contribution in [2.75, 3.05) is 37.6 Å². The van der Waals surface area contributed by atoms with Gasteiger partial charge in [0.25, 0.3) is 5.91 Å². The van der Waals surface area contributed by atoms with E-state index in [9.17, 15) is 18.7 Å². The van der Waals surface area contributed by atoms with Gasteiger partial charge in [0.1, 0.15) is 11.8 Å². The molecule has 1 aliphatic rings. The number of halogens is 2. The molecule has 27 heavy (non-hydrogen) atoms. The van der Waals surface area contributed by atoms with Crippen molar-refractivity contribution in [2.24, 2.45) is 0 Å². The topological polar surface area (TPSA) is 60.4 Å². The molecule has 7 heteroatoms. The maximum Gasteiger partial charge on any atom is 0.277 e. The van der Waals surface area contributed by atoms with Gasteiger partial charge in [-0.15, -0.1) is 0 Å². The molecule has 2 aromatic rings. The van der Waals surface area contributed by atoms with Crippen molar-refractivity contribution in [1.82, 2.24) is 4.90 Å². The van der Waals surface area contributed by atoms with Crippen LogP contribution in [0, 0.1) is 11.6 Å². The highest BCUT2D eigenvalue weighted by Gasteiger charge is 2.23. The van der Waals surface area contributed by atoms with E-state index in [-0.39, 0.29) is 24.2 Å². The summed E-state index contributed by atoms with van der Waals surface area (Å²) in [6.45, 7) is 4.85. The van der Waals surface area contributed by atoms with Crippen LogP contribution in [0.2, 0.25) is 0 Å². The summed E-state index contributed by atoms with van der Waals surface area (Å²) >= 11 is 0. The molecular formula is C20H24F2N3O2+. The first-order valence-electron chi connectivity index (χ1n) is 9.04. The number of carbonyl (C=O) groups excluding carboxylic acids is 1. The molecule has 2 aromatic carbocycles. The van der Waals surface area contributed by atoms with Crippen LogP contribution in [-0.4, -0.2) is 48.6 Å². The molecule has 0 unspecified atom stereocenters. The number of benzene rings is 2. The predicted octanol–water partition coefficient (Wildman–Crippen LogP) is 1.64. The Bertz CT molecular complexity index is 790. The summed E-state index contributed by atoms with van der Waals surface area (Å²) in [6.07, 6.45) is 0. The summed E-state index contributed by atoms with van der Waals surface area (Å²) in [7, 11) is 0. The Labute approximate surface area is 157 Å². The lowest BCUT2D eigenvalue weighted by Gasteiger charge is -2.36. The molecule has 0 aromatic heterocycles. The normalized spacial score (nSPS) is 15.7. The van der Waals surface area contributed by atoms with Crippen LogP contribution >= 0.6 is 0 Å². The number of nitrogens with two attached hydrogens (primary N) is 1.